The summed E-state index contributed by atoms with van der Waals surface area (Å²) in [6, 6.07) is 8.78. The van der Waals surface area contributed by atoms with Crippen molar-refractivity contribution in [3.8, 4) is 11.3 Å². The molecule has 1 aromatic carbocycles. The third kappa shape index (κ3) is 4.92. The number of rotatable bonds is 8. The maximum atomic E-state index is 12.1. The predicted molar refractivity (Wildman–Crippen MR) is 94.0 cm³/mol. The fraction of sp³-hybridized carbons (Fsp3) is 0.421. The minimum absolute atomic E-state index is 0.130. The second kappa shape index (κ2) is 8.46. The maximum absolute atomic E-state index is 12.1. The molecule has 0 radical (unpaired) electrons. The minimum Gasteiger partial charge on any atom is -0.480 e. The molecule has 0 aliphatic heterocycles. The van der Waals surface area contributed by atoms with E-state index in [1.54, 1.807) is 0 Å². The third-order valence-corrected chi connectivity index (χ3v) is 4.24. The highest BCUT2D eigenvalue weighted by Gasteiger charge is 2.25. The first-order valence-corrected chi connectivity index (χ1v) is 8.46. The summed E-state index contributed by atoms with van der Waals surface area (Å²) in [5.41, 5.74) is 1.70. The van der Waals surface area contributed by atoms with E-state index in [-0.39, 0.29) is 18.2 Å². The second-order valence-electron chi connectivity index (χ2n) is 6.16. The first kappa shape index (κ1) is 18.7. The third-order valence-electron chi connectivity index (χ3n) is 4.24. The molecular formula is C19H24N2O4. The van der Waals surface area contributed by atoms with Crippen LogP contribution >= 0.6 is 0 Å². The van der Waals surface area contributed by atoms with Crippen LogP contribution in [0.25, 0.3) is 11.3 Å². The summed E-state index contributed by atoms with van der Waals surface area (Å²) in [6.07, 6.45) is 1.14. The molecule has 0 fully saturated rings. The van der Waals surface area contributed by atoms with Gasteiger partial charge >= 0.3 is 5.97 Å². The number of carbonyl (C=O) groups is 2. The first-order chi connectivity index (χ1) is 11.9. The lowest BCUT2D eigenvalue weighted by atomic mass is 9.99. The van der Waals surface area contributed by atoms with Crippen molar-refractivity contribution in [2.75, 3.05) is 0 Å². The van der Waals surface area contributed by atoms with Crippen molar-refractivity contribution >= 4 is 11.9 Å². The molecule has 6 heteroatoms. The zero-order valence-electron chi connectivity index (χ0n) is 14.8. The molecule has 0 saturated heterocycles. The highest BCUT2D eigenvalue weighted by molar-refractivity contribution is 5.83. The molecule has 0 spiro atoms. The van der Waals surface area contributed by atoms with Crippen molar-refractivity contribution in [1.29, 1.82) is 0 Å². The number of carbonyl (C=O) groups excluding carboxylic acids is 1. The van der Waals surface area contributed by atoms with Gasteiger partial charge < -0.3 is 14.8 Å². The van der Waals surface area contributed by atoms with Crippen LogP contribution < -0.4 is 5.32 Å². The zero-order chi connectivity index (χ0) is 18.4. The van der Waals surface area contributed by atoms with Crippen LogP contribution in [-0.4, -0.2) is 28.0 Å². The number of aromatic nitrogens is 1. The Bertz CT molecular complexity index is 724. The van der Waals surface area contributed by atoms with E-state index in [1.165, 1.54) is 0 Å². The van der Waals surface area contributed by atoms with E-state index in [2.05, 4.69) is 10.3 Å². The first-order valence-electron chi connectivity index (χ1n) is 8.46. The molecule has 2 rings (SSSR count). The standard InChI is InChI=1S/C19H24N2O4/c1-4-12(2)17(19(23)24)21-15(22)10-11-16-20-13(3)18(25-16)14-8-6-5-7-9-14/h5-9,12,17H,4,10-11H2,1-3H3,(H,21,22)(H,23,24)/t12-,17-/m0/s1. The van der Waals surface area contributed by atoms with Crippen LogP contribution in [0, 0.1) is 12.8 Å². The van der Waals surface area contributed by atoms with E-state index in [1.807, 2.05) is 51.1 Å². The smallest absolute Gasteiger partial charge is 0.326 e. The molecule has 2 atom stereocenters. The SMILES string of the molecule is CC[C@H](C)[C@H](NC(=O)CCc1nc(C)c(-c2ccccc2)o1)C(=O)O. The maximum Gasteiger partial charge on any atom is 0.326 e. The summed E-state index contributed by atoms with van der Waals surface area (Å²) in [5.74, 6) is -0.290. The minimum atomic E-state index is -1.01. The molecule has 0 aliphatic carbocycles. The van der Waals surface area contributed by atoms with Crippen molar-refractivity contribution in [3.63, 3.8) is 0 Å². The Morgan fingerprint density at radius 3 is 2.56 bits per heavy atom. The monoisotopic (exact) mass is 344 g/mol. The molecule has 1 aromatic heterocycles. The highest BCUT2D eigenvalue weighted by atomic mass is 16.4. The van der Waals surface area contributed by atoms with Crippen molar-refractivity contribution in [2.24, 2.45) is 5.92 Å². The average molecular weight is 344 g/mol. The Hall–Kier alpha value is -2.63. The molecule has 0 aliphatic rings. The number of carboxylic acid groups (broad SMARTS) is 1. The molecule has 6 nitrogen and oxygen atoms in total. The van der Waals surface area contributed by atoms with Gasteiger partial charge in [0.05, 0.1) is 5.69 Å². The van der Waals surface area contributed by atoms with E-state index < -0.39 is 12.0 Å². The van der Waals surface area contributed by atoms with Gasteiger partial charge in [-0.2, -0.15) is 0 Å². The predicted octanol–water partition coefficient (Wildman–Crippen LogP) is 3.20. The van der Waals surface area contributed by atoms with Gasteiger partial charge in [0.1, 0.15) is 6.04 Å². The zero-order valence-corrected chi connectivity index (χ0v) is 14.8. The van der Waals surface area contributed by atoms with Crippen molar-refractivity contribution in [2.45, 2.75) is 46.1 Å². The molecule has 1 amide bonds. The Balaban J connectivity index is 1.97. The Morgan fingerprint density at radius 2 is 1.96 bits per heavy atom. The van der Waals surface area contributed by atoms with Crippen molar-refractivity contribution in [1.82, 2.24) is 10.3 Å². The number of hydrogen-bond donors (Lipinski definition) is 2. The lowest BCUT2D eigenvalue weighted by molar-refractivity contribution is -0.143. The van der Waals surface area contributed by atoms with Gasteiger partial charge in [-0.25, -0.2) is 9.78 Å². The lowest BCUT2D eigenvalue weighted by Gasteiger charge is -2.19. The van der Waals surface area contributed by atoms with Gasteiger partial charge in [-0.1, -0.05) is 50.6 Å². The quantitative estimate of drug-likeness (QED) is 0.767. The van der Waals surface area contributed by atoms with Crippen LogP contribution in [0.5, 0.6) is 0 Å². The molecule has 0 unspecified atom stereocenters. The van der Waals surface area contributed by atoms with Crippen molar-refractivity contribution < 1.29 is 19.1 Å². The summed E-state index contributed by atoms with van der Waals surface area (Å²) < 4.78 is 5.76. The van der Waals surface area contributed by atoms with Crippen LogP contribution in [0.3, 0.4) is 0 Å². The lowest BCUT2D eigenvalue weighted by Crippen LogP contribution is -2.45. The number of hydrogen-bond acceptors (Lipinski definition) is 4. The number of carboxylic acids is 1. The van der Waals surface area contributed by atoms with Gasteiger partial charge in [0.15, 0.2) is 11.7 Å². The average Bonchev–Trinajstić information content (AvgIpc) is 2.98. The van der Waals surface area contributed by atoms with E-state index >= 15 is 0 Å². The summed E-state index contributed by atoms with van der Waals surface area (Å²) in [6.45, 7) is 5.56. The van der Waals surface area contributed by atoms with Gasteiger partial charge in [-0.15, -0.1) is 0 Å². The molecule has 0 saturated carbocycles. The molecule has 1 heterocycles. The Morgan fingerprint density at radius 1 is 1.28 bits per heavy atom. The van der Waals surface area contributed by atoms with Crippen LogP contribution in [0.1, 0.15) is 38.3 Å². The highest BCUT2D eigenvalue weighted by Crippen LogP contribution is 2.24. The van der Waals surface area contributed by atoms with Gasteiger partial charge in [-0.05, 0) is 12.8 Å². The number of benzene rings is 1. The fourth-order valence-electron chi connectivity index (χ4n) is 2.57. The van der Waals surface area contributed by atoms with E-state index in [4.69, 9.17) is 4.42 Å². The molecule has 25 heavy (non-hydrogen) atoms. The topological polar surface area (TPSA) is 92.4 Å². The summed E-state index contributed by atoms with van der Waals surface area (Å²) >= 11 is 0. The largest absolute Gasteiger partial charge is 0.480 e. The number of amides is 1. The molecule has 0 bridgehead atoms. The van der Waals surface area contributed by atoms with Crippen LogP contribution in [0.15, 0.2) is 34.7 Å². The Labute approximate surface area is 147 Å². The van der Waals surface area contributed by atoms with Gasteiger partial charge in [0.2, 0.25) is 5.91 Å². The molecule has 134 valence electrons. The Kier molecular flexibility index (Phi) is 6.33. The van der Waals surface area contributed by atoms with E-state index in [0.717, 1.165) is 11.3 Å². The summed E-state index contributed by atoms with van der Waals surface area (Å²) in [7, 11) is 0. The van der Waals surface area contributed by atoms with Gasteiger partial charge in [-0.3, -0.25) is 4.79 Å². The molecule has 2 aromatic rings. The van der Waals surface area contributed by atoms with Crippen LogP contribution in [0.2, 0.25) is 0 Å². The van der Waals surface area contributed by atoms with Gasteiger partial charge in [0.25, 0.3) is 0 Å². The number of aliphatic carboxylic acids is 1. The van der Waals surface area contributed by atoms with E-state index in [9.17, 15) is 14.7 Å². The number of aryl methyl sites for hydroxylation is 2. The number of nitrogens with zero attached hydrogens (tertiary/aromatic N) is 1. The van der Waals surface area contributed by atoms with Crippen LogP contribution in [-0.2, 0) is 16.0 Å². The molecule has 2 N–H and O–H groups in total. The van der Waals surface area contributed by atoms with Crippen molar-refractivity contribution in [3.05, 3.63) is 41.9 Å². The summed E-state index contributed by atoms with van der Waals surface area (Å²) in [5, 5.41) is 11.8. The number of nitrogens with one attached hydrogen (secondary N) is 1. The van der Waals surface area contributed by atoms with Gasteiger partial charge in [0, 0.05) is 18.4 Å². The van der Waals surface area contributed by atoms with Crippen LogP contribution in [0.4, 0.5) is 0 Å². The second-order valence-corrected chi connectivity index (χ2v) is 6.16. The fourth-order valence-corrected chi connectivity index (χ4v) is 2.57. The normalized spacial score (nSPS) is 13.2. The van der Waals surface area contributed by atoms with E-state index in [0.29, 0.717) is 24.5 Å². The molecular weight excluding hydrogens is 320 g/mol. The summed E-state index contributed by atoms with van der Waals surface area (Å²) in [4.78, 5) is 27.7. The number of oxazole rings is 1.